The molecule has 1 aromatic rings. The molecule has 0 aromatic heterocycles. The van der Waals surface area contributed by atoms with Gasteiger partial charge >= 0.3 is 5.97 Å². The van der Waals surface area contributed by atoms with Gasteiger partial charge in [-0.3, -0.25) is 4.79 Å². The highest BCUT2D eigenvalue weighted by atomic mass is 32.1. The molecule has 0 fully saturated rings. The Bertz CT molecular complexity index is 394. The third-order valence-electron chi connectivity index (χ3n) is 2.71. The van der Waals surface area contributed by atoms with Gasteiger partial charge in [-0.1, -0.05) is 24.3 Å². The summed E-state index contributed by atoms with van der Waals surface area (Å²) in [7, 11) is 0. The number of aliphatic hydroxyl groups is 2. The van der Waals surface area contributed by atoms with E-state index in [1.807, 2.05) is 6.07 Å². The molecule has 0 radical (unpaired) electrons. The van der Waals surface area contributed by atoms with Crippen LogP contribution in [-0.2, 0) is 11.2 Å². The Balaban J connectivity index is 2.71. The molecule has 0 bridgehead atoms. The molecule has 0 spiro atoms. The van der Waals surface area contributed by atoms with Crippen molar-refractivity contribution in [1.82, 2.24) is 0 Å². The lowest BCUT2D eigenvalue weighted by molar-refractivity contribution is -0.136. The van der Waals surface area contributed by atoms with Crippen LogP contribution in [0, 0.1) is 0 Å². The molecule has 1 rings (SSSR count). The molecule has 0 amide bonds. The molecule has 0 heterocycles. The van der Waals surface area contributed by atoms with Gasteiger partial charge in [0.2, 0.25) is 0 Å². The van der Waals surface area contributed by atoms with Crippen LogP contribution in [0.25, 0.3) is 0 Å². The largest absolute Gasteiger partial charge is 0.481 e. The molecule has 100 valence electrons. The average molecular weight is 270 g/mol. The first-order valence-electron chi connectivity index (χ1n) is 5.82. The number of carboxylic acid groups (broad SMARTS) is 1. The van der Waals surface area contributed by atoms with Crippen LogP contribution >= 0.6 is 12.6 Å². The number of hydrogen-bond acceptors (Lipinski definition) is 4. The number of aryl methyl sites for hydroxylation is 1. The van der Waals surface area contributed by atoms with Gasteiger partial charge in [0.1, 0.15) is 6.10 Å². The SMILES string of the molecule is O=C(O)CCc1cccc(C(O)C(O)CCS)c1. The fourth-order valence-electron chi connectivity index (χ4n) is 1.70. The van der Waals surface area contributed by atoms with Crippen molar-refractivity contribution in [1.29, 1.82) is 0 Å². The molecule has 3 N–H and O–H groups in total. The summed E-state index contributed by atoms with van der Waals surface area (Å²) in [6.45, 7) is 0. The Morgan fingerprint density at radius 2 is 2.06 bits per heavy atom. The van der Waals surface area contributed by atoms with E-state index < -0.39 is 18.2 Å². The zero-order valence-corrected chi connectivity index (χ0v) is 10.9. The molecule has 0 saturated heterocycles. The van der Waals surface area contributed by atoms with E-state index in [0.717, 1.165) is 5.56 Å². The van der Waals surface area contributed by atoms with Crippen molar-refractivity contribution < 1.29 is 20.1 Å². The van der Waals surface area contributed by atoms with Crippen LogP contribution in [0.5, 0.6) is 0 Å². The maximum absolute atomic E-state index is 10.5. The van der Waals surface area contributed by atoms with Crippen LogP contribution in [0.4, 0.5) is 0 Å². The third-order valence-corrected chi connectivity index (χ3v) is 2.97. The molecular formula is C13H18O4S. The van der Waals surface area contributed by atoms with E-state index in [1.165, 1.54) is 0 Å². The quantitative estimate of drug-likeness (QED) is 0.565. The molecule has 2 unspecified atom stereocenters. The number of aliphatic carboxylic acids is 1. The lowest BCUT2D eigenvalue weighted by Crippen LogP contribution is -2.18. The van der Waals surface area contributed by atoms with E-state index >= 15 is 0 Å². The minimum Gasteiger partial charge on any atom is -0.481 e. The number of aliphatic hydroxyl groups excluding tert-OH is 2. The minimum atomic E-state index is -0.957. The van der Waals surface area contributed by atoms with Crippen LogP contribution < -0.4 is 0 Å². The predicted octanol–water partition coefficient (Wildman–Crippen LogP) is 1.42. The number of benzene rings is 1. The van der Waals surface area contributed by atoms with Crippen LogP contribution in [0.2, 0.25) is 0 Å². The van der Waals surface area contributed by atoms with Crippen molar-refractivity contribution >= 4 is 18.6 Å². The lowest BCUT2D eigenvalue weighted by Gasteiger charge is -2.18. The highest BCUT2D eigenvalue weighted by Gasteiger charge is 2.17. The van der Waals surface area contributed by atoms with Gasteiger partial charge in [0.15, 0.2) is 0 Å². The van der Waals surface area contributed by atoms with Crippen molar-refractivity contribution in [3.63, 3.8) is 0 Å². The van der Waals surface area contributed by atoms with E-state index in [9.17, 15) is 15.0 Å². The number of rotatable bonds is 7. The summed E-state index contributed by atoms with van der Waals surface area (Å²) in [5, 5.41) is 28.2. The molecule has 0 aliphatic carbocycles. The second kappa shape index (κ2) is 7.41. The minimum absolute atomic E-state index is 0.0543. The molecule has 1 aromatic carbocycles. The summed E-state index contributed by atoms with van der Waals surface area (Å²) in [5.41, 5.74) is 1.44. The summed E-state index contributed by atoms with van der Waals surface area (Å²) in [5.74, 6) is -0.354. The zero-order chi connectivity index (χ0) is 13.5. The Hall–Kier alpha value is -1.04. The highest BCUT2D eigenvalue weighted by Crippen LogP contribution is 2.20. The second-order valence-electron chi connectivity index (χ2n) is 4.16. The topological polar surface area (TPSA) is 77.8 Å². The standard InChI is InChI=1S/C13H18O4S/c14-11(6-7-18)13(17)10-3-1-2-9(8-10)4-5-12(15)16/h1-3,8,11,13-14,17-18H,4-7H2,(H,15,16). The van der Waals surface area contributed by atoms with Crippen LogP contribution in [0.15, 0.2) is 24.3 Å². The van der Waals surface area contributed by atoms with E-state index in [-0.39, 0.29) is 6.42 Å². The molecule has 0 saturated carbocycles. The Kier molecular flexibility index (Phi) is 6.18. The maximum Gasteiger partial charge on any atom is 0.303 e. The zero-order valence-electron chi connectivity index (χ0n) is 9.99. The van der Waals surface area contributed by atoms with Gasteiger partial charge in [-0.25, -0.2) is 0 Å². The summed E-state index contributed by atoms with van der Waals surface area (Å²) < 4.78 is 0. The highest BCUT2D eigenvalue weighted by molar-refractivity contribution is 7.80. The van der Waals surface area contributed by atoms with Gasteiger partial charge in [0.05, 0.1) is 6.10 Å². The smallest absolute Gasteiger partial charge is 0.303 e. The Morgan fingerprint density at radius 1 is 1.33 bits per heavy atom. The Labute approximate surface area is 112 Å². The van der Waals surface area contributed by atoms with Crippen molar-refractivity contribution in [3.05, 3.63) is 35.4 Å². The number of thiol groups is 1. The van der Waals surface area contributed by atoms with Gasteiger partial charge in [-0.05, 0) is 29.7 Å². The average Bonchev–Trinajstić information content (AvgIpc) is 2.36. The Morgan fingerprint density at radius 3 is 2.67 bits per heavy atom. The predicted molar refractivity (Wildman–Crippen MR) is 71.8 cm³/mol. The summed E-state index contributed by atoms with van der Waals surface area (Å²) in [4.78, 5) is 10.5. The van der Waals surface area contributed by atoms with Crippen LogP contribution in [0.1, 0.15) is 30.1 Å². The molecule has 18 heavy (non-hydrogen) atoms. The monoisotopic (exact) mass is 270 g/mol. The summed E-state index contributed by atoms with van der Waals surface area (Å²) in [6, 6.07) is 7.01. The molecule has 4 nitrogen and oxygen atoms in total. The van der Waals surface area contributed by atoms with Gasteiger partial charge in [0, 0.05) is 6.42 Å². The molecule has 5 heteroatoms. The first kappa shape index (κ1) is 15.0. The fourth-order valence-corrected chi connectivity index (χ4v) is 1.96. The van der Waals surface area contributed by atoms with E-state index in [0.29, 0.717) is 24.2 Å². The third kappa shape index (κ3) is 4.68. The van der Waals surface area contributed by atoms with Crippen molar-refractivity contribution in [2.75, 3.05) is 5.75 Å². The number of carbonyl (C=O) groups is 1. The molecule has 2 atom stereocenters. The van der Waals surface area contributed by atoms with Crippen molar-refractivity contribution in [2.45, 2.75) is 31.5 Å². The van der Waals surface area contributed by atoms with Gasteiger partial charge in [-0.15, -0.1) is 0 Å². The second-order valence-corrected chi connectivity index (χ2v) is 4.61. The number of hydrogen-bond donors (Lipinski definition) is 4. The molecule has 0 aliphatic heterocycles. The normalized spacial score (nSPS) is 14.2. The molecular weight excluding hydrogens is 252 g/mol. The maximum atomic E-state index is 10.5. The first-order chi connectivity index (χ1) is 8.54. The van der Waals surface area contributed by atoms with Gasteiger partial charge < -0.3 is 15.3 Å². The van der Waals surface area contributed by atoms with E-state index in [4.69, 9.17) is 5.11 Å². The lowest BCUT2D eigenvalue weighted by atomic mass is 9.99. The van der Waals surface area contributed by atoms with E-state index in [2.05, 4.69) is 12.6 Å². The van der Waals surface area contributed by atoms with Crippen LogP contribution in [0.3, 0.4) is 0 Å². The van der Waals surface area contributed by atoms with Crippen molar-refractivity contribution in [2.24, 2.45) is 0 Å². The van der Waals surface area contributed by atoms with E-state index in [1.54, 1.807) is 18.2 Å². The van der Waals surface area contributed by atoms with Crippen LogP contribution in [-0.4, -0.2) is 33.1 Å². The van der Waals surface area contributed by atoms with Crippen molar-refractivity contribution in [3.8, 4) is 0 Å². The number of carboxylic acids is 1. The fraction of sp³-hybridized carbons (Fsp3) is 0.462. The molecule has 0 aliphatic rings. The van der Waals surface area contributed by atoms with Gasteiger partial charge in [0.25, 0.3) is 0 Å². The first-order valence-corrected chi connectivity index (χ1v) is 6.45. The summed E-state index contributed by atoms with van der Waals surface area (Å²) >= 11 is 4.01. The van der Waals surface area contributed by atoms with Gasteiger partial charge in [-0.2, -0.15) is 12.6 Å². The summed E-state index contributed by atoms with van der Waals surface area (Å²) in [6.07, 6.45) is -0.930.